The Morgan fingerprint density at radius 2 is 1.94 bits per heavy atom. The van der Waals surface area contributed by atoms with E-state index < -0.39 is 15.9 Å². The Kier molecular flexibility index (Phi) is 7.24. The minimum atomic E-state index is -4.23. The molecule has 1 aliphatic rings. The van der Waals surface area contributed by atoms with Gasteiger partial charge in [0.15, 0.2) is 5.03 Å². The first-order valence-electron chi connectivity index (χ1n) is 11.7. The van der Waals surface area contributed by atoms with Crippen LogP contribution in [0.3, 0.4) is 0 Å². The van der Waals surface area contributed by atoms with Crippen molar-refractivity contribution in [2.24, 2.45) is 5.92 Å². The quantitative estimate of drug-likeness (QED) is 0.483. The fraction of sp³-hybridized carbons (Fsp3) is 0.346. The zero-order chi connectivity index (χ0) is 26.1. The zero-order valence-corrected chi connectivity index (χ0v) is 22.3. The summed E-state index contributed by atoms with van der Waals surface area (Å²) in [5, 5.41) is 0.376. The molecule has 36 heavy (non-hydrogen) atoms. The van der Waals surface area contributed by atoms with Crippen LogP contribution >= 0.6 is 11.6 Å². The van der Waals surface area contributed by atoms with Gasteiger partial charge in [-0.1, -0.05) is 36.7 Å². The molecule has 1 unspecified atom stereocenters. The fourth-order valence-electron chi connectivity index (χ4n) is 4.73. The van der Waals surface area contributed by atoms with Crippen LogP contribution in [0.4, 0.5) is 11.6 Å². The summed E-state index contributed by atoms with van der Waals surface area (Å²) < 4.78 is 28.5. The lowest BCUT2D eigenvalue weighted by Crippen LogP contribution is -2.41. The van der Waals surface area contributed by atoms with Gasteiger partial charge >= 0.3 is 0 Å². The number of halogens is 1. The van der Waals surface area contributed by atoms with Gasteiger partial charge in [0.2, 0.25) is 0 Å². The Morgan fingerprint density at radius 3 is 2.64 bits per heavy atom. The van der Waals surface area contributed by atoms with Crippen molar-refractivity contribution >= 4 is 39.2 Å². The van der Waals surface area contributed by atoms with E-state index in [1.165, 1.54) is 6.07 Å². The normalized spacial score (nSPS) is 17.1. The number of rotatable bonds is 7. The standard InChI is InChI=1S/C26H30ClN5O3S/c1-18-15-26(2,3)32(16-18)24-21(10-7-13-28-24)25(33)30-36(34,35)23-12-6-11-22(29-23)31(4)17-19-8-5-9-20(27)14-19/h5-14,18H,15-17H2,1-4H3,(H,30,33). The molecular weight excluding hydrogens is 498 g/mol. The highest BCUT2D eigenvalue weighted by atomic mass is 35.5. The number of carbonyl (C=O) groups is 1. The Labute approximate surface area is 217 Å². The number of carbonyl (C=O) groups excluding carboxylic acids is 1. The molecule has 190 valence electrons. The maximum absolute atomic E-state index is 13.2. The highest BCUT2D eigenvalue weighted by Crippen LogP contribution is 2.37. The maximum atomic E-state index is 13.2. The van der Waals surface area contributed by atoms with Gasteiger partial charge in [0.25, 0.3) is 15.9 Å². The van der Waals surface area contributed by atoms with Crippen LogP contribution in [0.15, 0.2) is 65.8 Å². The van der Waals surface area contributed by atoms with Crippen LogP contribution in [-0.2, 0) is 16.6 Å². The molecule has 1 amide bonds. The van der Waals surface area contributed by atoms with Crippen LogP contribution in [-0.4, -0.2) is 43.4 Å². The van der Waals surface area contributed by atoms with Crippen molar-refractivity contribution in [1.82, 2.24) is 14.7 Å². The first kappa shape index (κ1) is 25.9. The molecule has 0 bridgehead atoms. The van der Waals surface area contributed by atoms with Crippen molar-refractivity contribution in [3.05, 3.63) is 76.9 Å². The Balaban J connectivity index is 1.55. The van der Waals surface area contributed by atoms with Crippen LogP contribution in [0.1, 0.15) is 43.1 Å². The predicted molar refractivity (Wildman–Crippen MR) is 142 cm³/mol. The lowest BCUT2D eigenvalue weighted by molar-refractivity contribution is 0.0981. The van der Waals surface area contributed by atoms with Crippen molar-refractivity contribution in [3.8, 4) is 0 Å². The van der Waals surface area contributed by atoms with Gasteiger partial charge in [-0.25, -0.2) is 14.7 Å². The second kappa shape index (κ2) is 10.1. The van der Waals surface area contributed by atoms with E-state index >= 15 is 0 Å². The summed E-state index contributed by atoms with van der Waals surface area (Å²) in [5.41, 5.74) is 0.958. The fourth-order valence-corrected chi connectivity index (χ4v) is 5.88. The van der Waals surface area contributed by atoms with Gasteiger partial charge in [-0.2, -0.15) is 8.42 Å². The van der Waals surface area contributed by atoms with Gasteiger partial charge in [0.05, 0.1) is 5.56 Å². The molecule has 8 nitrogen and oxygen atoms in total. The zero-order valence-electron chi connectivity index (χ0n) is 20.8. The molecule has 1 saturated heterocycles. The number of hydrogen-bond acceptors (Lipinski definition) is 7. The van der Waals surface area contributed by atoms with Crippen molar-refractivity contribution in [2.45, 2.75) is 44.3 Å². The minimum absolute atomic E-state index is 0.203. The van der Waals surface area contributed by atoms with Gasteiger partial charge < -0.3 is 9.80 Å². The van der Waals surface area contributed by atoms with E-state index in [1.807, 2.05) is 23.1 Å². The van der Waals surface area contributed by atoms with E-state index in [0.29, 0.717) is 29.1 Å². The van der Waals surface area contributed by atoms with Crippen LogP contribution < -0.4 is 14.5 Å². The van der Waals surface area contributed by atoms with Crippen molar-refractivity contribution < 1.29 is 13.2 Å². The lowest BCUT2D eigenvalue weighted by atomic mass is 9.97. The van der Waals surface area contributed by atoms with E-state index in [1.54, 1.807) is 43.6 Å². The highest BCUT2D eigenvalue weighted by Gasteiger charge is 2.39. The molecule has 1 aromatic carbocycles. The number of sulfonamides is 1. The summed E-state index contributed by atoms with van der Waals surface area (Å²) in [5.74, 6) is 0.605. The summed E-state index contributed by atoms with van der Waals surface area (Å²) in [7, 11) is -2.42. The first-order valence-corrected chi connectivity index (χ1v) is 13.5. The number of anilines is 2. The lowest BCUT2D eigenvalue weighted by Gasteiger charge is -2.33. The van der Waals surface area contributed by atoms with Gasteiger partial charge in [-0.05, 0) is 68.1 Å². The smallest absolute Gasteiger partial charge is 0.281 e. The summed E-state index contributed by atoms with van der Waals surface area (Å²) in [6.45, 7) is 7.56. The molecular formula is C26H30ClN5O3S. The van der Waals surface area contributed by atoms with Gasteiger partial charge in [0, 0.05) is 36.9 Å². The van der Waals surface area contributed by atoms with E-state index in [2.05, 4.69) is 40.4 Å². The molecule has 0 aliphatic carbocycles. The van der Waals surface area contributed by atoms with Crippen LogP contribution in [0.2, 0.25) is 5.02 Å². The molecule has 0 saturated carbocycles. The Bertz CT molecular complexity index is 1380. The molecule has 2 aromatic heterocycles. The SMILES string of the molecule is CC1CN(c2ncccc2C(=O)NS(=O)(=O)c2cccc(N(C)Cc3cccc(Cl)c3)n2)C(C)(C)C1. The second-order valence-corrected chi connectivity index (χ2v) is 11.9. The topological polar surface area (TPSA) is 95.5 Å². The summed E-state index contributed by atoms with van der Waals surface area (Å²) >= 11 is 6.07. The first-order chi connectivity index (χ1) is 17.0. The van der Waals surface area contributed by atoms with Crippen LogP contribution in [0, 0.1) is 5.92 Å². The van der Waals surface area contributed by atoms with E-state index in [9.17, 15) is 13.2 Å². The number of hydrogen-bond donors (Lipinski definition) is 1. The molecule has 1 N–H and O–H groups in total. The summed E-state index contributed by atoms with van der Waals surface area (Å²) in [6, 6.07) is 15.3. The highest BCUT2D eigenvalue weighted by molar-refractivity contribution is 7.90. The molecule has 1 fully saturated rings. The third-order valence-corrected chi connectivity index (χ3v) is 7.74. The largest absolute Gasteiger partial charge is 0.355 e. The van der Waals surface area contributed by atoms with Gasteiger partial charge in [-0.15, -0.1) is 0 Å². The average Bonchev–Trinajstić information content (AvgIpc) is 3.10. The number of benzene rings is 1. The van der Waals surface area contributed by atoms with Crippen LogP contribution in [0.25, 0.3) is 0 Å². The van der Waals surface area contributed by atoms with E-state index in [0.717, 1.165) is 18.5 Å². The van der Waals surface area contributed by atoms with E-state index in [-0.39, 0.29) is 16.1 Å². The molecule has 4 rings (SSSR count). The second-order valence-electron chi connectivity index (χ2n) is 9.86. The van der Waals surface area contributed by atoms with Crippen molar-refractivity contribution in [2.75, 3.05) is 23.4 Å². The minimum Gasteiger partial charge on any atom is -0.355 e. The molecule has 3 aromatic rings. The number of aromatic nitrogens is 2. The number of pyridine rings is 2. The Hall–Kier alpha value is -3.17. The third-order valence-electron chi connectivity index (χ3n) is 6.27. The van der Waals surface area contributed by atoms with Gasteiger partial charge in [-0.3, -0.25) is 4.79 Å². The molecule has 1 atom stereocenters. The molecule has 0 radical (unpaired) electrons. The van der Waals surface area contributed by atoms with Crippen molar-refractivity contribution in [1.29, 1.82) is 0 Å². The summed E-state index contributed by atoms with van der Waals surface area (Å²) in [6.07, 6.45) is 2.56. The number of amides is 1. The molecule has 3 heterocycles. The summed E-state index contributed by atoms with van der Waals surface area (Å²) in [4.78, 5) is 25.8. The Morgan fingerprint density at radius 1 is 1.19 bits per heavy atom. The molecule has 0 spiro atoms. The molecule has 10 heteroatoms. The average molecular weight is 528 g/mol. The maximum Gasteiger partial charge on any atom is 0.281 e. The van der Waals surface area contributed by atoms with E-state index in [4.69, 9.17) is 11.6 Å². The molecule has 1 aliphatic heterocycles. The van der Waals surface area contributed by atoms with Gasteiger partial charge in [0.1, 0.15) is 11.6 Å². The van der Waals surface area contributed by atoms with Crippen molar-refractivity contribution in [3.63, 3.8) is 0 Å². The van der Waals surface area contributed by atoms with Crippen LogP contribution in [0.5, 0.6) is 0 Å². The predicted octanol–water partition coefficient (Wildman–Crippen LogP) is 4.51. The number of nitrogens with zero attached hydrogens (tertiary/aromatic N) is 4. The monoisotopic (exact) mass is 527 g/mol. The third kappa shape index (κ3) is 5.63. The number of nitrogens with one attached hydrogen (secondary N) is 1.